The molecular formula is C13H16O3. The van der Waals surface area contributed by atoms with Gasteiger partial charge >= 0.3 is 5.97 Å². The molecule has 3 nitrogen and oxygen atoms in total. The van der Waals surface area contributed by atoms with Crippen LogP contribution in [-0.4, -0.2) is 17.2 Å². The van der Waals surface area contributed by atoms with Crippen LogP contribution in [0.2, 0.25) is 0 Å². The van der Waals surface area contributed by atoms with Gasteiger partial charge in [0.05, 0.1) is 6.10 Å². The molecule has 0 amide bonds. The summed E-state index contributed by atoms with van der Waals surface area (Å²) < 4.78 is 5.79. The summed E-state index contributed by atoms with van der Waals surface area (Å²) >= 11 is 0. The molecule has 16 heavy (non-hydrogen) atoms. The first-order valence-electron chi connectivity index (χ1n) is 5.67. The SMILES string of the molecule is O=C(O)CC1CCC(Oc2ccccc2)C1. The van der Waals surface area contributed by atoms with Gasteiger partial charge in [-0.1, -0.05) is 18.2 Å². The van der Waals surface area contributed by atoms with Crippen molar-refractivity contribution in [3.05, 3.63) is 30.3 Å². The average molecular weight is 220 g/mol. The number of aliphatic carboxylic acids is 1. The molecule has 1 saturated carbocycles. The molecule has 2 rings (SSSR count). The first-order valence-corrected chi connectivity index (χ1v) is 5.67. The van der Waals surface area contributed by atoms with Gasteiger partial charge in [0, 0.05) is 6.42 Å². The van der Waals surface area contributed by atoms with Crippen molar-refractivity contribution in [3.63, 3.8) is 0 Å². The van der Waals surface area contributed by atoms with Crippen molar-refractivity contribution < 1.29 is 14.6 Å². The maximum absolute atomic E-state index is 10.6. The molecule has 0 radical (unpaired) electrons. The van der Waals surface area contributed by atoms with Gasteiger partial charge in [0.15, 0.2) is 0 Å². The van der Waals surface area contributed by atoms with Gasteiger partial charge in [-0.15, -0.1) is 0 Å². The number of carbonyl (C=O) groups is 1. The zero-order valence-corrected chi connectivity index (χ0v) is 9.13. The molecule has 1 fully saturated rings. The van der Waals surface area contributed by atoms with E-state index >= 15 is 0 Å². The van der Waals surface area contributed by atoms with Gasteiger partial charge in [-0.2, -0.15) is 0 Å². The van der Waals surface area contributed by atoms with Crippen LogP contribution in [0.15, 0.2) is 30.3 Å². The summed E-state index contributed by atoms with van der Waals surface area (Å²) in [4.78, 5) is 10.6. The van der Waals surface area contributed by atoms with E-state index in [0.717, 1.165) is 25.0 Å². The minimum absolute atomic E-state index is 0.187. The quantitative estimate of drug-likeness (QED) is 0.848. The highest BCUT2D eigenvalue weighted by Gasteiger charge is 2.27. The molecule has 1 aliphatic rings. The molecule has 2 unspecified atom stereocenters. The van der Waals surface area contributed by atoms with E-state index in [4.69, 9.17) is 9.84 Å². The minimum Gasteiger partial charge on any atom is -0.490 e. The van der Waals surface area contributed by atoms with Crippen LogP contribution in [0.3, 0.4) is 0 Å². The molecule has 1 aromatic carbocycles. The normalized spacial score (nSPS) is 24.2. The zero-order valence-electron chi connectivity index (χ0n) is 9.13. The van der Waals surface area contributed by atoms with E-state index in [1.165, 1.54) is 0 Å². The summed E-state index contributed by atoms with van der Waals surface area (Å²) in [7, 11) is 0. The molecule has 0 aliphatic heterocycles. The van der Waals surface area contributed by atoms with Crippen molar-refractivity contribution >= 4 is 5.97 Å². The van der Waals surface area contributed by atoms with E-state index in [1.54, 1.807) is 0 Å². The molecular weight excluding hydrogens is 204 g/mol. The molecule has 0 spiro atoms. The van der Waals surface area contributed by atoms with E-state index < -0.39 is 5.97 Å². The van der Waals surface area contributed by atoms with Crippen LogP contribution >= 0.6 is 0 Å². The average Bonchev–Trinajstić information content (AvgIpc) is 2.66. The summed E-state index contributed by atoms with van der Waals surface area (Å²) in [6, 6.07) is 9.71. The molecule has 1 aromatic rings. The van der Waals surface area contributed by atoms with Crippen LogP contribution in [0, 0.1) is 5.92 Å². The molecule has 2 atom stereocenters. The Labute approximate surface area is 95.0 Å². The second kappa shape index (κ2) is 5.01. The van der Waals surface area contributed by atoms with Gasteiger partial charge in [0.1, 0.15) is 5.75 Å². The summed E-state index contributed by atoms with van der Waals surface area (Å²) in [5, 5.41) is 8.71. The topological polar surface area (TPSA) is 46.5 Å². The lowest BCUT2D eigenvalue weighted by atomic mass is 10.0. The number of benzene rings is 1. The Kier molecular flexibility index (Phi) is 3.44. The predicted octanol–water partition coefficient (Wildman–Crippen LogP) is 2.71. The fraction of sp³-hybridized carbons (Fsp3) is 0.462. The Balaban J connectivity index is 1.83. The maximum Gasteiger partial charge on any atom is 0.303 e. The van der Waals surface area contributed by atoms with Crippen molar-refractivity contribution in [2.24, 2.45) is 5.92 Å². The third kappa shape index (κ3) is 2.99. The number of para-hydroxylation sites is 1. The van der Waals surface area contributed by atoms with Crippen molar-refractivity contribution in [2.75, 3.05) is 0 Å². The highest BCUT2D eigenvalue weighted by molar-refractivity contribution is 5.67. The van der Waals surface area contributed by atoms with Gasteiger partial charge in [-0.25, -0.2) is 0 Å². The Bertz CT molecular complexity index is 347. The molecule has 0 bridgehead atoms. The van der Waals surface area contributed by atoms with Gasteiger partial charge in [0.25, 0.3) is 0 Å². The number of carboxylic acids is 1. The van der Waals surface area contributed by atoms with Crippen LogP contribution in [-0.2, 0) is 4.79 Å². The number of rotatable bonds is 4. The van der Waals surface area contributed by atoms with Crippen LogP contribution in [0.1, 0.15) is 25.7 Å². The number of ether oxygens (including phenoxy) is 1. The van der Waals surface area contributed by atoms with E-state index in [1.807, 2.05) is 30.3 Å². The fourth-order valence-corrected chi connectivity index (χ4v) is 2.26. The molecule has 1 N–H and O–H groups in total. The largest absolute Gasteiger partial charge is 0.490 e. The highest BCUT2D eigenvalue weighted by atomic mass is 16.5. The second-order valence-electron chi connectivity index (χ2n) is 4.33. The van der Waals surface area contributed by atoms with Crippen molar-refractivity contribution in [1.29, 1.82) is 0 Å². The Morgan fingerprint density at radius 2 is 2.06 bits per heavy atom. The number of hydrogen-bond donors (Lipinski definition) is 1. The summed E-state index contributed by atoms with van der Waals surface area (Å²) in [5.41, 5.74) is 0. The number of carboxylic acid groups (broad SMARTS) is 1. The number of hydrogen-bond acceptors (Lipinski definition) is 2. The van der Waals surface area contributed by atoms with Gasteiger partial charge in [-0.3, -0.25) is 4.79 Å². The Morgan fingerprint density at radius 3 is 2.75 bits per heavy atom. The Morgan fingerprint density at radius 1 is 1.31 bits per heavy atom. The smallest absolute Gasteiger partial charge is 0.303 e. The summed E-state index contributed by atoms with van der Waals surface area (Å²) in [6.45, 7) is 0. The van der Waals surface area contributed by atoms with Gasteiger partial charge < -0.3 is 9.84 Å². The Hall–Kier alpha value is -1.51. The molecule has 1 aliphatic carbocycles. The standard InChI is InChI=1S/C13H16O3/c14-13(15)9-10-6-7-12(8-10)16-11-4-2-1-3-5-11/h1-5,10,12H,6-9H2,(H,14,15). The molecule has 0 heterocycles. The second-order valence-corrected chi connectivity index (χ2v) is 4.33. The van der Waals surface area contributed by atoms with Gasteiger partial charge in [0.2, 0.25) is 0 Å². The van der Waals surface area contributed by atoms with E-state index in [2.05, 4.69) is 0 Å². The van der Waals surface area contributed by atoms with Crippen molar-refractivity contribution in [3.8, 4) is 5.75 Å². The lowest BCUT2D eigenvalue weighted by Crippen LogP contribution is -2.13. The molecule has 0 saturated heterocycles. The first-order chi connectivity index (χ1) is 7.74. The first kappa shape index (κ1) is 11.0. The minimum atomic E-state index is -0.703. The van der Waals surface area contributed by atoms with Crippen molar-refractivity contribution in [1.82, 2.24) is 0 Å². The summed E-state index contributed by atoms with van der Waals surface area (Å²) in [5.74, 6) is 0.458. The van der Waals surface area contributed by atoms with E-state index in [0.29, 0.717) is 0 Å². The predicted molar refractivity (Wildman–Crippen MR) is 60.5 cm³/mol. The third-order valence-electron chi connectivity index (χ3n) is 3.00. The maximum atomic E-state index is 10.6. The third-order valence-corrected chi connectivity index (χ3v) is 3.00. The zero-order chi connectivity index (χ0) is 11.4. The van der Waals surface area contributed by atoms with Crippen LogP contribution in [0.5, 0.6) is 5.75 Å². The van der Waals surface area contributed by atoms with Gasteiger partial charge in [-0.05, 0) is 37.3 Å². The molecule has 86 valence electrons. The van der Waals surface area contributed by atoms with Crippen LogP contribution in [0.25, 0.3) is 0 Å². The molecule has 3 heteroatoms. The lowest BCUT2D eigenvalue weighted by molar-refractivity contribution is -0.138. The summed E-state index contributed by atoms with van der Waals surface area (Å²) in [6.07, 6.45) is 3.25. The van der Waals surface area contributed by atoms with E-state index in [-0.39, 0.29) is 18.4 Å². The highest BCUT2D eigenvalue weighted by Crippen LogP contribution is 2.31. The van der Waals surface area contributed by atoms with Crippen LogP contribution in [0.4, 0.5) is 0 Å². The molecule has 0 aromatic heterocycles. The monoisotopic (exact) mass is 220 g/mol. The lowest BCUT2D eigenvalue weighted by Gasteiger charge is -2.13. The van der Waals surface area contributed by atoms with Crippen LogP contribution < -0.4 is 4.74 Å². The van der Waals surface area contributed by atoms with E-state index in [9.17, 15) is 4.79 Å². The van der Waals surface area contributed by atoms with Crippen molar-refractivity contribution in [2.45, 2.75) is 31.8 Å². The fourth-order valence-electron chi connectivity index (χ4n) is 2.26.